The second kappa shape index (κ2) is 6.45. The quantitative estimate of drug-likeness (QED) is 0.774. The molecule has 1 saturated heterocycles. The van der Waals surface area contributed by atoms with E-state index in [0.717, 1.165) is 0 Å². The molecule has 7 heteroatoms. The summed E-state index contributed by atoms with van der Waals surface area (Å²) in [4.78, 5) is 13.6. The average Bonchev–Trinajstić information content (AvgIpc) is 2.61. The lowest BCUT2D eigenvalue weighted by Gasteiger charge is -2.28. The van der Waals surface area contributed by atoms with Crippen molar-refractivity contribution in [1.82, 2.24) is 4.90 Å². The van der Waals surface area contributed by atoms with E-state index in [-0.39, 0.29) is 28.4 Å². The highest BCUT2D eigenvalue weighted by Gasteiger charge is 2.29. The summed E-state index contributed by atoms with van der Waals surface area (Å²) < 4.78 is 22.6. The monoisotopic (exact) mass is 309 g/mol. The minimum absolute atomic E-state index is 0.0368. The summed E-state index contributed by atoms with van der Waals surface area (Å²) in [7, 11) is -2.88. The van der Waals surface area contributed by atoms with Crippen LogP contribution in [-0.4, -0.2) is 65.5 Å². The Morgan fingerprint density at radius 3 is 2.53 bits per heavy atom. The predicted molar refractivity (Wildman–Crippen MR) is 78.1 cm³/mol. The molecule has 0 aromatic rings. The van der Waals surface area contributed by atoms with E-state index < -0.39 is 15.4 Å². The normalized spacial score (nSPS) is 22.4. The van der Waals surface area contributed by atoms with Gasteiger partial charge in [0.1, 0.15) is 0 Å². The minimum atomic E-state index is -2.88. The van der Waals surface area contributed by atoms with Crippen molar-refractivity contribution >= 4 is 27.5 Å². The van der Waals surface area contributed by atoms with Gasteiger partial charge in [-0.05, 0) is 27.2 Å². The van der Waals surface area contributed by atoms with E-state index in [2.05, 4.69) is 0 Å². The van der Waals surface area contributed by atoms with E-state index in [9.17, 15) is 18.3 Å². The number of aliphatic hydroxyl groups is 1. The molecule has 1 heterocycles. The fourth-order valence-electron chi connectivity index (χ4n) is 2.02. The maximum atomic E-state index is 12.0. The van der Waals surface area contributed by atoms with Crippen LogP contribution in [0, 0.1) is 0 Å². The highest BCUT2D eigenvalue weighted by Crippen LogP contribution is 2.24. The lowest BCUT2D eigenvalue weighted by atomic mass is 10.1. The van der Waals surface area contributed by atoms with Crippen LogP contribution in [-0.2, 0) is 14.6 Å². The third-order valence-corrected chi connectivity index (χ3v) is 6.21. The van der Waals surface area contributed by atoms with Crippen molar-refractivity contribution in [2.24, 2.45) is 0 Å². The Bertz CT molecular complexity index is 414. The van der Waals surface area contributed by atoms with Crippen molar-refractivity contribution in [2.45, 2.75) is 38.0 Å². The molecule has 0 spiro atoms. The molecular weight excluding hydrogens is 286 g/mol. The zero-order valence-corrected chi connectivity index (χ0v) is 13.4. The molecule has 0 radical (unpaired) electrons. The zero-order valence-electron chi connectivity index (χ0n) is 11.8. The van der Waals surface area contributed by atoms with Crippen molar-refractivity contribution < 1.29 is 18.3 Å². The van der Waals surface area contributed by atoms with Gasteiger partial charge in [-0.2, -0.15) is 0 Å². The first-order chi connectivity index (χ1) is 8.63. The smallest absolute Gasteiger partial charge is 0.232 e. The molecule has 0 saturated carbocycles. The molecule has 0 aromatic carbocycles. The molecule has 0 aliphatic carbocycles. The van der Waals surface area contributed by atoms with Crippen LogP contribution in [0.5, 0.6) is 0 Å². The van der Waals surface area contributed by atoms with Gasteiger partial charge in [-0.15, -0.1) is 11.8 Å². The van der Waals surface area contributed by atoms with Crippen LogP contribution in [0.15, 0.2) is 0 Å². The molecule has 1 unspecified atom stereocenters. The summed E-state index contributed by atoms with van der Waals surface area (Å²) >= 11 is 1.41. The first-order valence-electron chi connectivity index (χ1n) is 6.45. The van der Waals surface area contributed by atoms with Gasteiger partial charge in [0, 0.05) is 18.3 Å². The third-order valence-electron chi connectivity index (χ3n) is 2.95. The summed E-state index contributed by atoms with van der Waals surface area (Å²) in [5, 5.41) is 9.77. The molecule has 112 valence electrons. The summed E-state index contributed by atoms with van der Waals surface area (Å²) in [6, 6.07) is 0. The van der Waals surface area contributed by atoms with Gasteiger partial charge in [-0.3, -0.25) is 4.79 Å². The summed E-state index contributed by atoms with van der Waals surface area (Å²) in [6.07, 6.45) is 0.637. The van der Waals surface area contributed by atoms with Crippen LogP contribution in [0.2, 0.25) is 0 Å². The van der Waals surface area contributed by atoms with Gasteiger partial charge in [0.05, 0.1) is 22.9 Å². The van der Waals surface area contributed by atoms with Gasteiger partial charge >= 0.3 is 0 Å². The second-order valence-corrected chi connectivity index (χ2v) is 9.07. The summed E-state index contributed by atoms with van der Waals surface area (Å²) in [5.41, 5.74) is -0.910. The van der Waals surface area contributed by atoms with Crippen molar-refractivity contribution in [2.75, 3.05) is 30.3 Å². The number of thioether (sulfide) groups is 1. The molecule has 1 N–H and O–H groups in total. The number of carbonyl (C=O) groups is 1. The fourth-order valence-corrected chi connectivity index (χ4v) is 5.56. The standard InChI is InChI=1S/C12H23NO4S2/c1-4-13(9-12(2,3)15)11(14)7-18-10-5-6-19(16,17)8-10/h10,15H,4-9H2,1-3H3. The Hall–Kier alpha value is -0.270. The van der Waals surface area contributed by atoms with E-state index in [1.54, 1.807) is 18.7 Å². The average molecular weight is 309 g/mol. The van der Waals surface area contributed by atoms with Crippen LogP contribution in [0.1, 0.15) is 27.2 Å². The van der Waals surface area contributed by atoms with Gasteiger partial charge < -0.3 is 10.0 Å². The Kier molecular flexibility index (Phi) is 5.70. The number of rotatable bonds is 6. The van der Waals surface area contributed by atoms with Crippen LogP contribution in [0.3, 0.4) is 0 Å². The Morgan fingerprint density at radius 2 is 2.11 bits per heavy atom. The Morgan fingerprint density at radius 1 is 1.47 bits per heavy atom. The first kappa shape index (κ1) is 16.8. The maximum absolute atomic E-state index is 12.0. The van der Waals surface area contributed by atoms with E-state index in [4.69, 9.17) is 0 Å². The lowest BCUT2D eigenvalue weighted by Crippen LogP contribution is -2.43. The van der Waals surface area contributed by atoms with Crippen LogP contribution in [0.4, 0.5) is 0 Å². The molecular formula is C12H23NO4S2. The van der Waals surface area contributed by atoms with Gasteiger partial charge in [0.25, 0.3) is 0 Å². The first-order valence-corrected chi connectivity index (χ1v) is 9.32. The van der Waals surface area contributed by atoms with Crippen molar-refractivity contribution in [1.29, 1.82) is 0 Å². The van der Waals surface area contributed by atoms with Gasteiger partial charge in [-0.25, -0.2) is 8.42 Å². The number of hydrogen-bond donors (Lipinski definition) is 1. The topological polar surface area (TPSA) is 74.7 Å². The number of sulfone groups is 1. The predicted octanol–water partition coefficient (Wildman–Crippen LogP) is 0.526. The van der Waals surface area contributed by atoms with Gasteiger partial charge in [-0.1, -0.05) is 0 Å². The third kappa shape index (κ3) is 6.14. The molecule has 0 aromatic heterocycles. The number of nitrogens with zero attached hydrogens (tertiary/aromatic N) is 1. The second-order valence-electron chi connectivity index (χ2n) is 5.56. The zero-order chi connectivity index (χ0) is 14.7. The molecule has 1 aliphatic rings. The summed E-state index contributed by atoms with van der Waals surface area (Å²) in [5.74, 6) is 0.658. The minimum Gasteiger partial charge on any atom is -0.389 e. The number of hydrogen-bond acceptors (Lipinski definition) is 5. The number of likely N-dealkylation sites (N-methyl/N-ethyl adjacent to an activating group) is 1. The molecule has 1 fully saturated rings. The summed E-state index contributed by atoms with van der Waals surface area (Å²) in [6.45, 7) is 6.05. The largest absolute Gasteiger partial charge is 0.389 e. The highest BCUT2D eigenvalue weighted by molar-refractivity contribution is 8.02. The number of carbonyl (C=O) groups excluding carboxylic acids is 1. The van der Waals surface area contributed by atoms with E-state index in [1.165, 1.54) is 11.8 Å². The maximum Gasteiger partial charge on any atom is 0.232 e. The SMILES string of the molecule is CCN(CC(C)(C)O)C(=O)CSC1CCS(=O)(=O)C1. The van der Waals surface area contributed by atoms with E-state index >= 15 is 0 Å². The van der Waals surface area contributed by atoms with E-state index in [0.29, 0.717) is 19.5 Å². The molecule has 0 bridgehead atoms. The Balaban J connectivity index is 2.42. The Labute approximate surface area is 119 Å². The lowest BCUT2D eigenvalue weighted by molar-refractivity contribution is -0.131. The van der Waals surface area contributed by atoms with Crippen LogP contribution in [0.25, 0.3) is 0 Å². The highest BCUT2D eigenvalue weighted by atomic mass is 32.2. The molecule has 1 atom stereocenters. The van der Waals surface area contributed by atoms with Crippen molar-refractivity contribution in [3.63, 3.8) is 0 Å². The molecule has 1 rings (SSSR count). The van der Waals surface area contributed by atoms with Crippen LogP contribution >= 0.6 is 11.8 Å². The van der Waals surface area contributed by atoms with Gasteiger partial charge in [0.2, 0.25) is 5.91 Å². The molecule has 1 aliphatic heterocycles. The molecule has 19 heavy (non-hydrogen) atoms. The van der Waals surface area contributed by atoms with Crippen molar-refractivity contribution in [3.05, 3.63) is 0 Å². The van der Waals surface area contributed by atoms with Gasteiger partial charge in [0.15, 0.2) is 9.84 Å². The van der Waals surface area contributed by atoms with Crippen molar-refractivity contribution in [3.8, 4) is 0 Å². The molecule has 5 nitrogen and oxygen atoms in total. The van der Waals surface area contributed by atoms with E-state index in [1.807, 2.05) is 6.92 Å². The molecule has 1 amide bonds. The van der Waals surface area contributed by atoms with Crippen LogP contribution < -0.4 is 0 Å². The fraction of sp³-hybridized carbons (Fsp3) is 0.917. The number of amides is 1.